The highest BCUT2D eigenvalue weighted by molar-refractivity contribution is 5.91. The predicted octanol–water partition coefficient (Wildman–Crippen LogP) is 5.47. The van der Waals surface area contributed by atoms with Crippen molar-refractivity contribution in [3.8, 4) is 57.5 Å². The average molecular weight is 723 g/mol. The second-order valence-corrected chi connectivity index (χ2v) is 11.9. The maximum Gasteiger partial charge on any atom is 0.338 e. The lowest BCUT2D eigenvalue weighted by Gasteiger charge is -2.28. The highest BCUT2D eigenvalue weighted by Crippen LogP contribution is 2.38. The van der Waals surface area contributed by atoms with Crippen LogP contribution in [0.3, 0.4) is 0 Å². The first kappa shape index (κ1) is 38.6. The molecule has 0 saturated heterocycles. The Hall–Kier alpha value is -6.18. The summed E-state index contributed by atoms with van der Waals surface area (Å²) in [6.07, 6.45) is 1.67. The molecule has 0 aromatic heterocycles. The monoisotopic (exact) mass is 722 g/mol. The molecule has 0 amide bonds. The van der Waals surface area contributed by atoms with Crippen LogP contribution >= 0.6 is 0 Å². The Morgan fingerprint density at radius 2 is 0.942 bits per heavy atom. The topological polar surface area (TPSA) is 211 Å². The molecule has 14 heteroatoms. The van der Waals surface area contributed by atoms with Gasteiger partial charge in [0.15, 0.2) is 57.5 Å². The normalized spacial score (nSPS) is 12.0. The molecule has 0 unspecified atom stereocenters. The van der Waals surface area contributed by atoms with Crippen molar-refractivity contribution in [3.05, 3.63) is 82.9 Å². The standard InChI is InChI=1S/C38H42O14/c1-47-31-9-7-21(14-33(31)49-3)12-23(6-5-11-51-37(45)24-16-27(39)35(43)28(40)17-24)26(13-22-8-10-32(48-2)34(15-22)50-4)20-52-38(46)25-18-29(41)36(44)30(42)19-25/h7-10,14-19,23,26,39-44H,5-6,11-13,20H2,1-4H3/t23-,26+/m0/s1. The summed E-state index contributed by atoms with van der Waals surface area (Å²) in [6, 6.07) is 14.9. The summed E-state index contributed by atoms with van der Waals surface area (Å²) in [5.74, 6) is -4.41. The van der Waals surface area contributed by atoms with E-state index in [1.165, 1.54) is 28.4 Å². The lowest BCUT2D eigenvalue weighted by Crippen LogP contribution is -2.27. The first-order valence-corrected chi connectivity index (χ1v) is 16.1. The molecule has 4 aromatic carbocycles. The highest BCUT2D eigenvalue weighted by atomic mass is 16.5. The van der Waals surface area contributed by atoms with Crippen molar-refractivity contribution in [1.82, 2.24) is 0 Å². The predicted molar refractivity (Wildman–Crippen MR) is 186 cm³/mol. The van der Waals surface area contributed by atoms with Gasteiger partial charge in [-0.2, -0.15) is 0 Å². The van der Waals surface area contributed by atoms with E-state index in [1.807, 2.05) is 24.3 Å². The Bertz CT molecular complexity index is 1820. The number of aromatic hydroxyl groups is 6. The maximum atomic E-state index is 13.2. The van der Waals surface area contributed by atoms with Crippen LogP contribution in [0, 0.1) is 11.8 Å². The van der Waals surface area contributed by atoms with E-state index in [-0.39, 0.29) is 36.2 Å². The molecule has 0 heterocycles. The van der Waals surface area contributed by atoms with Crippen LogP contribution in [0.25, 0.3) is 0 Å². The van der Waals surface area contributed by atoms with Crippen molar-refractivity contribution in [2.75, 3.05) is 41.7 Å². The molecular formula is C38H42O14. The Morgan fingerprint density at radius 1 is 0.538 bits per heavy atom. The average Bonchev–Trinajstić information content (AvgIpc) is 3.14. The molecule has 4 rings (SSSR count). The zero-order valence-electron chi connectivity index (χ0n) is 29.1. The van der Waals surface area contributed by atoms with E-state index in [1.54, 1.807) is 12.1 Å². The lowest BCUT2D eigenvalue weighted by atomic mass is 9.80. The van der Waals surface area contributed by atoms with E-state index in [9.17, 15) is 40.2 Å². The summed E-state index contributed by atoms with van der Waals surface area (Å²) in [5, 5.41) is 58.9. The number of phenolic OH excluding ortho intramolecular Hbond substituents is 6. The number of rotatable bonds is 17. The Labute approximate surface area is 299 Å². The van der Waals surface area contributed by atoms with Crippen molar-refractivity contribution in [1.29, 1.82) is 0 Å². The van der Waals surface area contributed by atoms with Gasteiger partial charge in [0.25, 0.3) is 0 Å². The molecule has 6 N–H and O–H groups in total. The summed E-state index contributed by atoms with van der Waals surface area (Å²) in [7, 11) is 6.10. The van der Waals surface area contributed by atoms with Crippen LogP contribution in [0.1, 0.15) is 44.7 Å². The summed E-state index contributed by atoms with van der Waals surface area (Å²) < 4.78 is 33.0. The van der Waals surface area contributed by atoms with E-state index >= 15 is 0 Å². The van der Waals surface area contributed by atoms with Crippen LogP contribution in [-0.4, -0.2) is 84.2 Å². The number of ether oxygens (including phenoxy) is 6. The van der Waals surface area contributed by atoms with Gasteiger partial charge in [0.05, 0.1) is 52.8 Å². The molecule has 0 bridgehead atoms. The molecule has 278 valence electrons. The van der Waals surface area contributed by atoms with Crippen LogP contribution in [0.15, 0.2) is 60.7 Å². The molecule has 0 aliphatic heterocycles. The van der Waals surface area contributed by atoms with Gasteiger partial charge in [-0.3, -0.25) is 0 Å². The van der Waals surface area contributed by atoms with Gasteiger partial charge in [0, 0.05) is 5.92 Å². The molecule has 52 heavy (non-hydrogen) atoms. The fourth-order valence-corrected chi connectivity index (χ4v) is 5.79. The van der Waals surface area contributed by atoms with Crippen molar-refractivity contribution in [2.45, 2.75) is 25.7 Å². The Balaban J connectivity index is 1.63. The minimum absolute atomic E-state index is 0.0431. The number of hydrogen-bond acceptors (Lipinski definition) is 14. The highest BCUT2D eigenvalue weighted by Gasteiger charge is 2.27. The van der Waals surface area contributed by atoms with Gasteiger partial charge >= 0.3 is 11.9 Å². The summed E-state index contributed by atoms with van der Waals surface area (Å²) >= 11 is 0. The third-order valence-corrected chi connectivity index (χ3v) is 8.55. The van der Waals surface area contributed by atoms with Gasteiger partial charge in [-0.05, 0) is 91.3 Å². The van der Waals surface area contributed by atoms with E-state index in [2.05, 4.69) is 0 Å². The minimum Gasteiger partial charge on any atom is -0.504 e. The third kappa shape index (κ3) is 9.53. The second-order valence-electron chi connectivity index (χ2n) is 11.9. The molecule has 0 fully saturated rings. The number of phenols is 6. The number of benzene rings is 4. The molecule has 14 nitrogen and oxygen atoms in total. The molecule has 0 saturated carbocycles. The number of carbonyl (C=O) groups excluding carboxylic acids is 2. The van der Waals surface area contributed by atoms with Gasteiger partial charge < -0.3 is 59.1 Å². The molecular weight excluding hydrogens is 680 g/mol. The number of carbonyl (C=O) groups is 2. The van der Waals surface area contributed by atoms with E-state index < -0.39 is 46.4 Å². The molecule has 4 aromatic rings. The van der Waals surface area contributed by atoms with Crippen LogP contribution < -0.4 is 18.9 Å². The zero-order valence-corrected chi connectivity index (χ0v) is 29.1. The zero-order chi connectivity index (χ0) is 37.9. The van der Waals surface area contributed by atoms with Gasteiger partial charge in [0.1, 0.15) is 0 Å². The van der Waals surface area contributed by atoms with Gasteiger partial charge in [-0.25, -0.2) is 9.59 Å². The first-order chi connectivity index (χ1) is 24.9. The maximum absolute atomic E-state index is 13.2. The molecule has 0 radical (unpaired) electrons. The Morgan fingerprint density at radius 3 is 1.37 bits per heavy atom. The summed E-state index contributed by atoms with van der Waals surface area (Å²) in [5.41, 5.74) is 1.40. The molecule has 2 atom stereocenters. The molecule has 0 aliphatic rings. The Kier molecular flexibility index (Phi) is 13.1. The molecule has 0 spiro atoms. The third-order valence-electron chi connectivity index (χ3n) is 8.55. The number of esters is 2. The van der Waals surface area contributed by atoms with Crippen LogP contribution in [0.2, 0.25) is 0 Å². The van der Waals surface area contributed by atoms with Crippen LogP contribution in [-0.2, 0) is 22.3 Å². The first-order valence-electron chi connectivity index (χ1n) is 16.1. The fraction of sp³-hybridized carbons (Fsp3) is 0.316. The minimum atomic E-state index is -0.845. The second kappa shape index (κ2) is 17.7. The van der Waals surface area contributed by atoms with E-state index in [0.717, 1.165) is 35.4 Å². The van der Waals surface area contributed by atoms with E-state index in [0.29, 0.717) is 48.7 Å². The van der Waals surface area contributed by atoms with Crippen LogP contribution in [0.5, 0.6) is 57.5 Å². The largest absolute Gasteiger partial charge is 0.504 e. The SMILES string of the molecule is COc1ccc(C[C@H](CCCOC(=O)c2cc(O)c(O)c(O)c2)[C@@H](COC(=O)c2cc(O)c(O)c(O)c2)Cc2ccc(OC)c(OC)c2)cc1OC. The summed E-state index contributed by atoms with van der Waals surface area (Å²) in [6.45, 7) is -0.155. The lowest BCUT2D eigenvalue weighted by molar-refractivity contribution is 0.0361. The number of hydrogen-bond donors (Lipinski definition) is 6. The van der Waals surface area contributed by atoms with Crippen molar-refractivity contribution in [2.24, 2.45) is 11.8 Å². The quantitative estimate of drug-likeness (QED) is 0.0454. The van der Waals surface area contributed by atoms with Crippen LogP contribution in [0.4, 0.5) is 0 Å². The van der Waals surface area contributed by atoms with E-state index in [4.69, 9.17) is 28.4 Å². The van der Waals surface area contributed by atoms with Gasteiger partial charge in [-0.1, -0.05) is 12.1 Å². The number of methoxy groups -OCH3 is 4. The van der Waals surface area contributed by atoms with Crippen molar-refractivity contribution in [3.63, 3.8) is 0 Å². The van der Waals surface area contributed by atoms with Crippen molar-refractivity contribution < 1.29 is 68.6 Å². The fourth-order valence-electron chi connectivity index (χ4n) is 5.79. The van der Waals surface area contributed by atoms with Gasteiger partial charge in [-0.15, -0.1) is 0 Å². The van der Waals surface area contributed by atoms with Gasteiger partial charge in [0.2, 0.25) is 0 Å². The molecule has 0 aliphatic carbocycles. The summed E-state index contributed by atoms with van der Waals surface area (Å²) in [4.78, 5) is 25.9. The smallest absolute Gasteiger partial charge is 0.338 e. The van der Waals surface area contributed by atoms with Crippen molar-refractivity contribution >= 4 is 11.9 Å².